The number of amides is 2. The first kappa shape index (κ1) is 18.3. The number of hydrogen-bond acceptors (Lipinski definition) is 4. The van der Waals surface area contributed by atoms with E-state index in [-0.39, 0.29) is 11.8 Å². The molecule has 0 bridgehead atoms. The summed E-state index contributed by atoms with van der Waals surface area (Å²) in [6, 6.07) is 15.4. The Balaban J connectivity index is 1.64. The second-order valence-electron chi connectivity index (χ2n) is 6.04. The molecule has 2 N–H and O–H groups in total. The fourth-order valence-electron chi connectivity index (χ4n) is 2.64. The molecule has 138 valence electrons. The van der Waals surface area contributed by atoms with Crippen LogP contribution in [0.5, 0.6) is 5.75 Å². The molecule has 0 unspecified atom stereocenters. The molecule has 6 nitrogen and oxygen atoms in total. The number of benzene rings is 2. The number of hydrogen-bond donors (Lipinski definition) is 2. The van der Waals surface area contributed by atoms with Crippen LogP contribution in [0.3, 0.4) is 0 Å². The first-order chi connectivity index (χ1) is 13.0. The monoisotopic (exact) mass is 364 g/mol. The Morgan fingerprint density at radius 3 is 1.93 bits per heavy atom. The third kappa shape index (κ3) is 4.36. The summed E-state index contributed by atoms with van der Waals surface area (Å²) < 4.78 is 10.5. The van der Waals surface area contributed by atoms with Crippen LogP contribution < -0.4 is 15.4 Å². The van der Waals surface area contributed by atoms with E-state index in [4.69, 9.17) is 9.15 Å². The van der Waals surface area contributed by atoms with Gasteiger partial charge < -0.3 is 19.8 Å². The highest BCUT2D eigenvalue weighted by Crippen LogP contribution is 2.18. The molecule has 6 heteroatoms. The van der Waals surface area contributed by atoms with E-state index < -0.39 is 0 Å². The van der Waals surface area contributed by atoms with Crippen molar-refractivity contribution in [3.8, 4) is 5.75 Å². The normalized spacial score (nSPS) is 10.3. The Morgan fingerprint density at radius 2 is 1.41 bits per heavy atom. The van der Waals surface area contributed by atoms with Crippen molar-refractivity contribution in [1.82, 2.24) is 0 Å². The quantitative estimate of drug-likeness (QED) is 0.703. The topological polar surface area (TPSA) is 80.6 Å². The maximum Gasteiger partial charge on any atom is 0.259 e. The van der Waals surface area contributed by atoms with E-state index in [0.29, 0.717) is 34.0 Å². The van der Waals surface area contributed by atoms with Crippen LogP contribution in [0.4, 0.5) is 11.4 Å². The van der Waals surface area contributed by atoms with Crippen LogP contribution in [-0.2, 0) is 0 Å². The van der Waals surface area contributed by atoms with Crippen molar-refractivity contribution >= 4 is 23.2 Å². The largest absolute Gasteiger partial charge is 0.497 e. The predicted molar refractivity (Wildman–Crippen MR) is 104 cm³/mol. The lowest BCUT2D eigenvalue weighted by molar-refractivity contribution is 0.101. The highest BCUT2D eigenvalue weighted by atomic mass is 16.5. The summed E-state index contributed by atoms with van der Waals surface area (Å²) in [7, 11) is 1.59. The molecule has 0 atom stereocenters. The van der Waals surface area contributed by atoms with Crippen LogP contribution in [0, 0.1) is 13.8 Å². The molecule has 0 spiro atoms. The van der Waals surface area contributed by atoms with Gasteiger partial charge in [-0.25, -0.2) is 0 Å². The number of rotatable bonds is 5. The zero-order chi connectivity index (χ0) is 19.4. The van der Waals surface area contributed by atoms with Gasteiger partial charge >= 0.3 is 0 Å². The van der Waals surface area contributed by atoms with E-state index in [9.17, 15) is 9.59 Å². The molecule has 0 saturated heterocycles. The van der Waals surface area contributed by atoms with Crippen molar-refractivity contribution < 1.29 is 18.7 Å². The summed E-state index contributed by atoms with van der Waals surface area (Å²) >= 11 is 0. The summed E-state index contributed by atoms with van der Waals surface area (Å²) in [5, 5.41) is 5.61. The lowest BCUT2D eigenvalue weighted by atomic mass is 10.1. The minimum absolute atomic E-state index is 0.237. The third-order valence-electron chi connectivity index (χ3n) is 4.04. The summed E-state index contributed by atoms with van der Waals surface area (Å²) in [5.41, 5.74) is 2.25. The van der Waals surface area contributed by atoms with Crippen molar-refractivity contribution in [3.63, 3.8) is 0 Å². The van der Waals surface area contributed by atoms with Gasteiger partial charge in [-0.3, -0.25) is 9.59 Å². The molecule has 27 heavy (non-hydrogen) atoms. The molecule has 1 heterocycles. The summed E-state index contributed by atoms with van der Waals surface area (Å²) in [4.78, 5) is 24.6. The maximum absolute atomic E-state index is 12.3. The summed E-state index contributed by atoms with van der Waals surface area (Å²) in [5.74, 6) is 1.49. The lowest BCUT2D eigenvalue weighted by Crippen LogP contribution is -2.14. The SMILES string of the molecule is COc1ccc(NC(=O)c2ccc(NC(=O)c3cc(C)oc3C)cc2)cc1. The van der Waals surface area contributed by atoms with Gasteiger partial charge in [-0.05, 0) is 68.4 Å². The van der Waals surface area contributed by atoms with Crippen LogP contribution in [0.1, 0.15) is 32.2 Å². The number of methoxy groups -OCH3 is 1. The van der Waals surface area contributed by atoms with Crippen molar-refractivity contribution in [2.24, 2.45) is 0 Å². The summed E-state index contributed by atoms with van der Waals surface area (Å²) in [6.45, 7) is 3.54. The van der Waals surface area contributed by atoms with Crippen LogP contribution in [0.2, 0.25) is 0 Å². The number of ether oxygens (including phenoxy) is 1. The van der Waals surface area contributed by atoms with E-state index in [1.807, 2.05) is 0 Å². The molecule has 0 radical (unpaired) electrons. The van der Waals surface area contributed by atoms with Crippen LogP contribution in [0.25, 0.3) is 0 Å². The molecular weight excluding hydrogens is 344 g/mol. The van der Waals surface area contributed by atoms with Crippen LogP contribution in [0.15, 0.2) is 59.0 Å². The third-order valence-corrected chi connectivity index (χ3v) is 4.04. The first-order valence-corrected chi connectivity index (χ1v) is 8.40. The number of aryl methyl sites for hydroxylation is 2. The molecule has 2 amide bonds. The van der Waals surface area contributed by atoms with Crippen molar-refractivity contribution in [1.29, 1.82) is 0 Å². The van der Waals surface area contributed by atoms with Gasteiger partial charge in [-0.1, -0.05) is 0 Å². The number of anilines is 2. The highest BCUT2D eigenvalue weighted by molar-refractivity contribution is 6.06. The van der Waals surface area contributed by atoms with E-state index in [1.54, 1.807) is 75.6 Å². The van der Waals surface area contributed by atoms with E-state index >= 15 is 0 Å². The minimum Gasteiger partial charge on any atom is -0.497 e. The molecule has 3 rings (SSSR count). The molecule has 3 aromatic rings. The van der Waals surface area contributed by atoms with Crippen LogP contribution in [-0.4, -0.2) is 18.9 Å². The van der Waals surface area contributed by atoms with Gasteiger partial charge in [0, 0.05) is 16.9 Å². The minimum atomic E-state index is -0.250. The van der Waals surface area contributed by atoms with Gasteiger partial charge in [0.05, 0.1) is 12.7 Å². The van der Waals surface area contributed by atoms with Crippen LogP contribution >= 0.6 is 0 Å². The predicted octanol–water partition coefficient (Wildman–Crippen LogP) is 4.41. The number of furan rings is 1. The highest BCUT2D eigenvalue weighted by Gasteiger charge is 2.14. The number of carbonyl (C=O) groups excluding carboxylic acids is 2. The molecule has 0 aliphatic heterocycles. The van der Waals surface area contributed by atoms with Gasteiger partial charge in [-0.2, -0.15) is 0 Å². The van der Waals surface area contributed by atoms with Crippen molar-refractivity contribution in [2.45, 2.75) is 13.8 Å². The van der Waals surface area contributed by atoms with Gasteiger partial charge in [0.15, 0.2) is 0 Å². The maximum atomic E-state index is 12.3. The lowest BCUT2D eigenvalue weighted by Gasteiger charge is -2.08. The van der Waals surface area contributed by atoms with Gasteiger partial charge in [0.1, 0.15) is 17.3 Å². The average Bonchev–Trinajstić information content (AvgIpc) is 3.01. The molecular formula is C21H20N2O4. The first-order valence-electron chi connectivity index (χ1n) is 8.40. The number of carbonyl (C=O) groups is 2. The molecule has 0 aliphatic carbocycles. The fourth-order valence-corrected chi connectivity index (χ4v) is 2.64. The van der Waals surface area contributed by atoms with Gasteiger partial charge in [0.25, 0.3) is 11.8 Å². The van der Waals surface area contributed by atoms with E-state index in [0.717, 1.165) is 5.75 Å². The average molecular weight is 364 g/mol. The number of nitrogens with one attached hydrogen (secondary N) is 2. The molecule has 1 aromatic heterocycles. The van der Waals surface area contributed by atoms with E-state index in [1.165, 1.54) is 0 Å². The smallest absolute Gasteiger partial charge is 0.259 e. The second kappa shape index (κ2) is 7.78. The Bertz CT molecular complexity index is 957. The Labute approximate surface area is 157 Å². The molecule has 0 saturated carbocycles. The molecule has 0 aliphatic rings. The van der Waals surface area contributed by atoms with E-state index in [2.05, 4.69) is 10.6 Å². The zero-order valence-electron chi connectivity index (χ0n) is 15.3. The van der Waals surface area contributed by atoms with Gasteiger partial charge in [0.2, 0.25) is 0 Å². The van der Waals surface area contributed by atoms with Crippen molar-refractivity contribution in [2.75, 3.05) is 17.7 Å². The molecule has 0 fully saturated rings. The van der Waals surface area contributed by atoms with Gasteiger partial charge in [-0.15, -0.1) is 0 Å². The second-order valence-corrected chi connectivity index (χ2v) is 6.04. The fraction of sp³-hybridized carbons (Fsp3) is 0.143. The zero-order valence-corrected chi connectivity index (χ0v) is 15.3. The molecule has 2 aromatic carbocycles. The Morgan fingerprint density at radius 1 is 0.852 bits per heavy atom. The Kier molecular flexibility index (Phi) is 5.26. The van der Waals surface area contributed by atoms with Crippen molar-refractivity contribution in [3.05, 3.63) is 77.2 Å². The standard InChI is InChI=1S/C21H20N2O4/c1-13-12-19(14(2)27-13)21(25)23-16-6-4-15(5-7-16)20(24)22-17-8-10-18(26-3)11-9-17/h4-12H,1-3H3,(H,22,24)(H,23,25). The Hall–Kier alpha value is -3.54. The summed E-state index contributed by atoms with van der Waals surface area (Å²) in [6.07, 6.45) is 0.